The summed E-state index contributed by atoms with van der Waals surface area (Å²) in [4.78, 5) is 12.1. The Balaban J connectivity index is 1.36. The van der Waals surface area contributed by atoms with Gasteiger partial charge in [-0.25, -0.2) is 18.1 Å². The molecule has 4 aromatic rings. The summed E-state index contributed by atoms with van der Waals surface area (Å²) in [6, 6.07) is 16.1. The Morgan fingerprint density at radius 2 is 1.73 bits per heavy atom. The maximum absolute atomic E-state index is 12.7. The molecule has 2 aromatic carbocycles. The van der Waals surface area contributed by atoms with Gasteiger partial charge in [0.25, 0.3) is 0 Å². The summed E-state index contributed by atoms with van der Waals surface area (Å²) < 4.78 is 30.0. The van der Waals surface area contributed by atoms with Crippen LogP contribution in [0.1, 0.15) is 45.7 Å². The van der Waals surface area contributed by atoms with Gasteiger partial charge in [0.15, 0.2) is 0 Å². The van der Waals surface area contributed by atoms with Crippen molar-refractivity contribution in [3.8, 4) is 5.69 Å². The highest BCUT2D eigenvalue weighted by atomic mass is 32.2. The average Bonchev–Trinajstić information content (AvgIpc) is 3.27. The van der Waals surface area contributed by atoms with Crippen LogP contribution in [0, 0.1) is 6.92 Å². The molecule has 0 radical (unpaired) electrons. The fourth-order valence-corrected chi connectivity index (χ4v) is 6.71. The number of nitrogens with one attached hydrogen (secondary N) is 3. The number of nitrogens with zero attached hydrogens (tertiary/aromatic N) is 4. The Morgan fingerprint density at radius 1 is 1.02 bits per heavy atom. The molecule has 0 aliphatic carbocycles. The van der Waals surface area contributed by atoms with Gasteiger partial charge in [-0.3, -0.25) is 4.90 Å². The predicted molar refractivity (Wildman–Crippen MR) is 161 cm³/mol. The molecule has 3 heterocycles. The van der Waals surface area contributed by atoms with Crippen molar-refractivity contribution in [2.75, 3.05) is 18.4 Å². The fraction of sp³-hybridized carbons (Fsp3) is 0.400. The number of hydrogen-bond acceptors (Lipinski definition) is 7. The van der Waals surface area contributed by atoms with Crippen LogP contribution in [-0.2, 0) is 16.6 Å². The Bertz CT molecular complexity index is 1600. The molecule has 2 unspecified atom stereocenters. The minimum atomic E-state index is -3.61. The number of fused-ring (bicyclic) bond motifs is 1. The number of benzene rings is 2. The van der Waals surface area contributed by atoms with Crippen molar-refractivity contribution < 1.29 is 8.42 Å². The van der Waals surface area contributed by atoms with E-state index in [9.17, 15) is 8.42 Å². The van der Waals surface area contributed by atoms with Crippen molar-refractivity contribution >= 4 is 32.7 Å². The van der Waals surface area contributed by atoms with Crippen LogP contribution in [-0.4, -0.2) is 58.6 Å². The summed E-state index contributed by atoms with van der Waals surface area (Å²) >= 11 is 0. The number of hydrogen-bond donors (Lipinski definition) is 3. The number of aryl methyl sites for hydroxylation is 1. The molecular weight excluding hydrogens is 522 g/mol. The van der Waals surface area contributed by atoms with Crippen molar-refractivity contribution in [1.29, 1.82) is 0 Å². The van der Waals surface area contributed by atoms with E-state index in [1.807, 2.05) is 37.6 Å². The number of anilines is 2. The Labute approximate surface area is 237 Å². The lowest BCUT2D eigenvalue weighted by Crippen LogP contribution is -2.53. The van der Waals surface area contributed by atoms with E-state index in [4.69, 9.17) is 4.98 Å². The van der Waals surface area contributed by atoms with Gasteiger partial charge in [0.1, 0.15) is 5.65 Å². The number of rotatable bonds is 7. The van der Waals surface area contributed by atoms with Gasteiger partial charge >= 0.3 is 0 Å². The van der Waals surface area contributed by atoms with E-state index >= 15 is 0 Å². The first kappa shape index (κ1) is 28.2. The summed E-state index contributed by atoms with van der Waals surface area (Å²) in [5.41, 5.74) is 4.47. The van der Waals surface area contributed by atoms with Gasteiger partial charge < -0.3 is 15.2 Å². The van der Waals surface area contributed by atoms with Crippen LogP contribution < -0.4 is 15.4 Å². The second-order valence-corrected chi connectivity index (χ2v) is 13.6. The van der Waals surface area contributed by atoms with Crippen molar-refractivity contribution in [1.82, 2.24) is 29.5 Å². The highest BCUT2D eigenvalue weighted by Gasteiger charge is 2.23. The van der Waals surface area contributed by atoms with Gasteiger partial charge in [-0.15, -0.1) is 0 Å². The van der Waals surface area contributed by atoms with Gasteiger partial charge in [-0.1, -0.05) is 6.07 Å². The molecule has 0 saturated carbocycles. The first-order chi connectivity index (χ1) is 18.9. The van der Waals surface area contributed by atoms with E-state index in [0.717, 1.165) is 42.0 Å². The fourth-order valence-electron chi connectivity index (χ4n) is 5.29. The van der Waals surface area contributed by atoms with Crippen molar-refractivity contribution in [3.05, 3.63) is 72.1 Å². The largest absolute Gasteiger partial charge is 0.324 e. The summed E-state index contributed by atoms with van der Waals surface area (Å²) in [5, 5.41) is 7.87. The summed E-state index contributed by atoms with van der Waals surface area (Å²) in [6.07, 6.45) is 3.71. The summed E-state index contributed by atoms with van der Waals surface area (Å²) in [6.45, 7) is 15.0. The smallest absolute Gasteiger partial charge is 0.241 e. The van der Waals surface area contributed by atoms with Gasteiger partial charge in [-0.2, -0.15) is 4.98 Å². The quantitative estimate of drug-likeness (QED) is 0.300. The van der Waals surface area contributed by atoms with E-state index in [-0.39, 0.29) is 4.90 Å². The van der Waals surface area contributed by atoms with Crippen molar-refractivity contribution in [3.63, 3.8) is 0 Å². The van der Waals surface area contributed by atoms with Gasteiger partial charge in [0.2, 0.25) is 16.0 Å². The summed E-state index contributed by atoms with van der Waals surface area (Å²) in [7, 11) is -3.61. The lowest BCUT2D eigenvalue weighted by atomic mass is 10.1. The lowest BCUT2D eigenvalue weighted by molar-refractivity contribution is 0.166. The van der Waals surface area contributed by atoms with Crippen LogP contribution in [0.15, 0.2) is 65.8 Å². The number of sulfonamides is 1. The van der Waals surface area contributed by atoms with Crippen LogP contribution >= 0.6 is 0 Å². The van der Waals surface area contributed by atoms with Crippen LogP contribution in [0.25, 0.3) is 16.7 Å². The van der Waals surface area contributed by atoms with Crippen LogP contribution in [0.2, 0.25) is 0 Å². The van der Waals surface area contributed by atoms with Crippen molar-refractivity contribution in [2.45, 2.75) is 70.6 Å². The van der Waals surface area contributed by atoms with Gasteiger partial charge in [0.05, 0.1) is 4.90 Å². The zero-order valence-electron chi connectivity index (χ0n) is 24.1. The molecule has 5 rings (SSSR count). The molecular formula is C30H39N7O2S. The molecule has 0 amide bonds. The topological polar surface area (TPSA) is 104 Å². The van der Waals surface area contributed by atoms with E-state index in [2.05, 4.69) is 64.2 Å². The number of aromatic nitrogens is 3. The molecule has 9 nitrogen and oxygen atoms in total. The predicted octanol–water partition coefficient (Wildman–Crippen LogP) is 4.73. The molecule has 3 N–H and O–H groups in total. The first-order valence-electron chi connectivity index (χ1n) is 13.7. The second-order valence-electron chi connectivity index (χ2n) is 11.9. The van der Waals surface area contributed by atoms with Crippen LogP contribution in [0.4, 0.5) is 11.6 Å². The third-order valence-corrected chi connectivity index (χ3v) is 8.70. The number of piperazine rings is 1. The second kappa shape index (κ2) is 10.9. The maximum atomic E-state index is 12.7. The zero-order chi connectivity index (χ0) is 28.7. The first-order valence-corrected chi connectivity index (χ1v) is 15.2. The summed E-state index contributed by atoms with van der Waals surface area (Å²) in [5.74, 6) is 0.500. The minimum absolute atomic E-state index is 0.222. The Kier molecular flexibility index (Phi) is 7.71. The standard InChI is InChI=1S/C30H39N7O2S/c1-20-7-8-25(15-24(20)19-36-17-21(2)32-22(3)18-36)33-29-31-16-23-13-14-37(28(23)34-29)26-9-11-27(12-10-26)40(38,39)35-30(4,5)6/h7-16,21-22,32,35H,17-19H2,1-6H3,(H,31,33,34). The average molecular weight is 562 g/mol. The van der Waals surface area contributed by atoms with E-state index in [1.165, 1.54) is 11.1 Å². The molecule has 212 valence electrons. The van der Waals surface area contributed by atoms with E-state index in [1.54, 1.807) is 30.5 Å². The van der Waals surface area contributed by atoms with E-state index < -0.39 is 15.6 Å². The third kappa shape index (κ3) is 6.52. The van der Waals surface area contributed by atoms with Gasteiger partial charge in [0, 0.05) is 66.4 Å². The monoisotopic (exact) mass is 561 g/mol. The molecule has 2 atom stereocenters. The van der Waals surface area contributed by atoms with Crippen LogP contribution in [0.3, 0.4) is 0 Å². The normalized spacial score (nSPS) is 18.8. The zero-order valence-corrected chi connectivity index (χ0v) is 24.9. The molecule has 2 aromatic heterocycles. The Morgan fingerprint density at radius 3 is 2.40 bits per heavy atom. The third-order valence-electron chi connectivity index (χ3n) is 6.93. The SMILES string of the molecule is Cc1ccc(Nc2ncc3ccn(-c4ccc(S(=O)(=O)NC(C)(C)C)cc4)c3n2)cc1CN1CC(C)NC(C)C1. The minimum Gasteiger partial charge on any atom is -0.324 e. The van der Waals surface area contributed by atoms with Crippen LogP contribution in [0.5, 0.6) is 0 Å². The Hall–Kier alpha value is -3.31. The molecule has 1 aliphatic heterocycles. The molecule has 1 saturated heterocycles. The molecule has 10 heteroatoms. The molecule has 1 fully saturated rings. The molecule has 0 spiro atoms. The lowest BCUT2D eigenvalue weighted by Gasteiger charge is -2.36. The van der Waals surface area contributed by atoms with E-state index in [0.29, 0.717) is 18.0 Å². The highest BCUT2D eigenvalue weighted by Crippen LogP contribution is 2.24. The molecule has 40 heavy (non-hydrogen) atoms. The maximum Gasteiger partial charge on any atom is 0.241 e. The van der Waals surface area contributed by atoms with Crippen molar-refractivity contribution in [2.24, 2.45) is 0 Å². The molecule has 1 aliphatic rings. The van der Waals surface area contributed by atoms with Gasteiger partial charge in [-0.05, 0) is 95.1 Å². The molecule has 0 bridgehead atoms. The highest BCUT2D eigenvalue weighted by molar-refractivity contribution is 7.89.